The molecule has 0 aliphatic heterocycles. The van der Waals surface area contributed by atoms with E-state index in [2.05, 4.69) is 25.9 Å². The number of rotatable bonds is 2. The number of ether oxygens (including phenoxy) is 1. The Bertz CT molecular complexity index is 426. The molecule has 0 aromatic carbocycles. The van der Waals surface area contributed by atoms with Crippen molar-refractivity contribution in [1.29, 1.82) is 0 Å². The summed E-state index contributed by atoms with van der Waals surface area (Å²) in [6.07, 6.45) is 5.24. The molecule has 0 atom stereocenters. The average Bonchev–Trinajstić information content (AvgIpc) is 2.50. The van der Waals surface area contributed by atoms with Crippen molar-refractivity contribution in [3.05, 3.63) is 23.2 Å². The van der Waals surface area contributed by atoms with Crippen LogP contribution in [0.2, 0.25) is 0 Å². The van der Waals surface area contributed by atoms with Gasteiger partial charge >= 0.3 is 0 Å². The van der Waals surface area contributed by atoms with Crippen LogP contribution in [0.25, 0.3) is 5.65 Å². The van der Waals surface area contributed by atoms with Gasteiger partial charge in [0.15, 0.2) is 0 Å². The summed E-state index contributed by atoms with van der Waals surface area (Å²) < 4.78 is 8.08. The molecular weight excluding hydrogens is 234 g/mol. The third-order valence-electron chi connectivity index (χ3n) is 1.63. The summed E-state index contributed by atoms with van der Waals surface area (Å²) in [5.41, 5.74) is 0.733. The molecule has 2 heterocycles. The van der Waals surface area contributed by atoms with Gasteiger partial charge in [-0.05, 0) is 22.9 Å². The first-order chi connectivity index (χ1) is 6.33. The van der Waals surface area contributed by atoms with Gasteiger partial charge in [-0.25, -0.2) is 9.97 Å². The zero-order valence-corrected chi connectivity index (χ0v) is 8.65. The molecule has 0 radical (unpaired) electrons. The van der Waals surface area contributed by atoms with Crippen LogP contribution in [0, 0.1) is 0 Å². The van der Waals surface area contributed by atoms with E-state index in [0.717, 1.165) is 10.3 Å². The smallest absolute Gasteiger partial charge is 0.258 e. The molecule has 0 saturated carbocycles. The molecule has 13 heavy (non-hydrogen) atoms. The van der Waals surface area contributed by atoms with Crippen molar-refractivity contribution in [3.63, 3.8) is 0 Å². The van der Waals surface area contributed by atoms with Crippen LogP contribution in [0.15, 0.2) is 23.2 Å². The Balaban J connectivity index is 2.63. The highest BCUT2D eigenvalue weighted by Gasteiger charge is 2.06. The lowest BCUT2D eigenvalue weighted by molar-refractivity contribution is 0.329. The fourth-order valence-corrected chi connectivity index (χ4v) is 1.49. The quantitative estimate of drug-likeness (QED) is 0.807. The van der Waals surface area contributed by atoms with Gasteiger partial charge in [0.2, 0.25) is 5.65 Å². The second-order valence-corrected chi connectivity index (χ2v) is 3.25. The Hall–Kier alpha value is -1.10. The van der Waals surface area contributed by atoms with Crippen LogP contribution in [-0.2, 0) is 0 Å². The van der Waals surface area contributed by atoms with E-state index < -0.39 is 0 Å². The van der Waals surface area contributed by atoms with Crippen LogP contribution in [0.4, 0.5) is 0 Å². The van der Waals surface area contributed by atoms with Gasteiger partial charge in [0, 0.05) is 12.4 Å². The summed E-state index contributed by atoms with van der Waals surface area (Å²) in [5.74, 6) is 0.565. The predicted octanol–water partition coefficient (Wildman–Crippen LogP) is 1.89. The van der Waals surface area contributed by atoms with Gasteiger partial charge < -0.3 is 4.74 Å². The topological polar surface area (TPSA) is 39.4 Å². The van der Waals surface area contributed by atoms with Gasteiger partial charge in [-0.3, -0.25) is 4.40 Å². The van der Waals surface area contributed by atoms with Crippen LogP contribution in [-0.4, -0.2) is 21.0 Å². The molecule has 0 N–H and O–H groups in total. The van der Waals surface area contributed by atoms with E-state index >= 15 is 0 Å². The third-order valence-corrected chi connectivity index (χ3v) is 2.22. The minimum Gasteiger partial charge on any atom is -0.475 e. The second-order valence-electron chi connectivity index (χ2n) is 2.44. The van der Waals surface area contributed by atoms with E-state index in [4.69, 9.17) is 4.74 Å². The molecule has 68 valence electrons. The molecule has 2 aromatic rings. The van der Waals surface area contributed by atoms with Crippen molar-refractivity contribution in [2.75, 3.05) is 6.61 Å². The summed E-state index contributed by atoms with van der Waals surface area (Å²) in [6.45, 7) is 2.51. The van der Waals surface area contributed by atoms with Crippen molar-refractivity contribution >= 4 is 21.6 Å². The van der Waals surface area contributed by atoms with Crippen molar-refractivity contribution in [1.82, 2.24) is 14.4 Å². The Morgan fingerprint density at radius 3 is 3.15 bits per heavy atom. The highest BCUT2D eigenvalue weighted by Crippen LogP contribution is 2.19. The third kappa shape index (κ3) is 1.39. The minimum absolute atomic E-state index is 0.565. The number of fused-ring (bicyclic) bond motifs is 1. The van der Waals surface area contributed by atoms with Gasteiger partial charge in [0.1, 0.15) is 4.60 Å². The lowest BCUT2D eigenvalue weighted by Crippen LogP contribution is -1.97. The van der Waals surface area contributed by atoms with E-state index in [-0.39, 0.29) is 0 Å². The molecule has 0 aliphatic rings. The lowest BCUT2D eigenvalue weighted by atomic mass is 10.6. The van der Waals surface area contributed by atoms with Crippen molar-refractivity contribution in [3.8, 4) is 5.88 Å². The molecule has 0 saturated heterocycles. The first kappa shape index (κ1) is 8.50. The van der Waals surface area contributed by atoms with E-state index in [9.17, 15) is 0 Å². The zero-order valence-electron chi connectivity index (χ0n) is 7.07. The number of hydrogen-bond donors (Lipinski definition) is 0. The van der Waals surface area contributed by atoms with Crippen LogP contribution in [0.3, 0.4) is 0 Å². The SMILES string of the molecule is CCOc1nccn2c(Br)cnc12. The standard InChI is InChI=1S/C8H8BrN3O/c1-2-13-8-7-11-5-6(9)12(7)4-3-10-8/h3-5H,2H2,1H3. The average molecular weight is 242 g/mol. The molecule has 0 unspecified atom stereocenters. The Morgan fingerprint density at radius 1 is 1.54 bits per heavy atom. The molecule has 2 aromatic heterocycles. The number of aromatic nitrogens is 3. The zero-order chi connectivity index (χ0) is 9.26. The Morgan fingerprint density at radius 2 is 2.38 bits per heavy atom. The highest BCUT2D eigenvalue weighted by atomic mass is 79.9. The van der Waals surface area contributed by atoms with E-state index in [1.807, 2.05) is 17.5 Å². The maximum Gasteiger partial charge on any atom is 0.258 e. The first-order valence-electron chi connectivity index (χ1n) is 3.93. The fraction of sp³-hybridized carbons (Fsp3) is 0.250. The number of halogens is 1. The molecule has 0 bridgehead atoms. The Kier molecular flexibility index (Phi) is 2.18. The molecule has 2 rings (SSSR count). The van der Waals surface area contributed by atoms with Gasteiger partial charge in [0.05, 0.1) is 12.8 Å². The molecule has 0 fully saturated rings. The normalized spacial score (nSPS) is 10.6. The van der Waals surface area contributed by atoms with E-state index in [1.54, 1.807) is 12.4 Å². The molecule has 0 aliphatic carbocycles. The summed E-state index contributed by atoms with van der Waals surface area (Å²) in [6, 6.07) is 0. The second kappa shape index (κ2) is 3.33. The monoisotopic (exact) mass is 241 g/mol. The van der Waals surface area contributed by atoms with Gasteiger partial charge in [-0.1, -0.05) is 0 Å². The van der Waals surface area contributed by atoms with E-state index in [0.29, 0.717) is 12.5 Å². The summed E-state index contributed by atoms with van der Waals surface area (Å²) >= 11 is 3.37. The number of nitrogens with zero attached hydrogens (tertiary/aromatic N) is 3. The number of imidazole rings is 1. The molecular formula is C8H8BrN3O. The van der Waals surface area contributed by atoms with E-state index in [1.165, 1.54) is 0 Å². The maximum atomic E-state index is 5.32. The van der Waals surface area contributed by atoms with Gasteiger partial charge in [-0.2, -0.15) is 0 Å². The lowest BCUT2D eigenvalue weighted by Gasteiger charge is -2.02. The molecule has 0 amide bonds. The molecule has 4 nitrogen and oxygen atoms in total. The van der Waals surface area contributed by atoms with Crippen molar-refractivity contribution < 1.29 is 4.74 Å². The van der Waals surface area contributed by atoms with Gasteiger partial charge in [0.25, 0.3) is 5.88 Å². The highest BCUT2D eigenvalue weighted by molar-refractivity contribution is 9.10. The van der Waals surface area contributed by atoms with Crippen LogP contribution < -0.4 is 4.74 Å². The summed E-state index contributed by atoms with van der Waals surface area (Å²) in [5, 5.41) is 0. The number of hydrogen-bond acceptors (Lipinski definition) is 3. The predicted molar refractivity (Wildman–Crippen MR) is 51.9 cm³/mol. The largest absolute Gasteiger partial charge is 0.475 e. The first-order valence-corrected chi connectivity index (χ1v) is 4.72. The maximum absolute atomic E-state index is 5.32. The summed E-state index contributed by atoms with van der Waals surface area (Å²) in [4.78, 5) is 8.25. The van der Waals surface area contributed by atoms with Gasteiger partial charge in [-0.15, -0.1) is 0 Å². The molecule has 0 spiro atoms. The Labute approximate surface area is 83.7 Å². The van der Waals surface area contributed by atoms with Crippen LogP contribution >= 0.6 is 15.9 Å². The van der Waals surface area contributed by atoms with Crippen LogP contribution in [0.5, 0.6) is 5.88 Å². The molecule has 5 heteroatoms. The van der Waals surface area contributed by atoms with Crippen molar-refractivity contribution in [2.45, 2.75) is 6.92 Å². The minimum atomic E-state index is 0.565. The van der Waals surface area contributed by atoms with Crippen LogP contribution in [0.1, 0.15) is 6.92 Å². The fourth-order valence-electron chi connectivity index (χ4n) is 1.10. The van der Waals surface area contributed by atoms with Crippen molar-refractivity contribution in [2.24, 2.45) is 0 Å². The summed E-state index contributed by atoms with van der Waals surface area (Å²) in [7, 11) is 0.